The molecule has 146 valence electrons. The molecule has 0 aromatic heterocycles. The largest absolute Gasteiger partial charge is 0.507 e. The summed E-state index contributed by atoms with van der Waals surface area (Å²) in [6, 6.07) is 12.3. The summed E-state index contributed by atoms with van der Waals surface area (Å²) in [5, 5.41) is 11.0. The summed E-state index contributed by atoms with van der Waals surface area (Å²) in [5.74, 6) is -1.88. The Morgan fingerprint density at radius 1 is 1.18 bits per heavy atom. The van der Waals surface area contributed by atoms with E-state index in [2.05, 4.69) is 0 Å². The van der Waals surface area contributed by atoms with Crippen molar-refractivity contribution in [3.63, 3.8) is 0 Å². The van der Waals surface area contributed by atoms with Crippen LogP contribution < -0.4 is 4.90 Å². The van der Waals surface area contributed by atoms with Crippen LogP contribution in [0, 0.1) is 6.92 Å². The third kappa shape index (κ3) is 4.40. The SMILES string of the molecule is Cc1ccc(C(=O)OCC(=O)N(c2ccccc2)[C@@H]2C=CS(=O)(=O)C2)c(O)c1. The number of nitrogens with zero attached hydrogens (tertiary/aromatic N) is 1. The van der Waals surface area contributed by atoms with E-state index in [4.69, 9.17) is 4.74 Å². The zero-order valence-corrected chi connectivity index (χ0v) is 15.9. The Hall–Kier alpha value is -3.13. The molecule has 1 atom stereocenters. The monoisotopic (exact) mass is 401 g/mol. The second-order valence-corrected chi connectivity index (χ2v) is 8.35. The number of esters is 1. The first-order chi connectivity index (χ1) is 13.3. The van der Waals surface area contributed by atoms with E-state index in [0.717, 1.165) is 11.0 Å². The number of phenols is 1. The summed E-state index contributed by atoms with van der Waals surface area (Å²) in [7, 11) is -3.38. The van der Waals surface area contributed by atoms with E-state index >= 15 is 0 Å². The average molecular weight is 401 g/mol. The normalized spacial score (nSPS) is 17.2. The molecular formula is C20H19NO6S. The first-order valence-corrected chi connectivity index (χ1v) is 10.2. The number of carbonyl (C=O) groups excluding carboxylic acids is 2. The molecule has 0 saturated heterocycles. The third-order valence-corrected chi connectivity index (χ3v) is 5.62. The standard InChI is InChI=1S/C20H19NO6S/c1-14-7-8-17(18(22)11-14)20(24)27-12-19(23)21(15-5-3-2-4-6-15)16-9-10-28(25,26)13-16/h2-11,16,22H,12-13H2,1H3/t16-/m1/s1. The maximum Gasteiger partial charge on any atom is 0.342 e. The van der Waals surface area contributed by atoms with Crippen molar-refractivity contribution in [2.75, 3.05) is 17.3 Å². The van der Waals surface area contributed by atoms with Gasteiger partial charge in [0.1, 0.15) is 11.3 Å². The zero-order chi connectivity index (χ0) is 20.3. The number of amides is 1. The molecule has 0 bridgehead atoms. The average Bonchev–Trinajstić information content (AvgIpc) is 3.00. The zero-order valence-electron chi connectivity index (χ0n) is 15.1. The lowest BCUT2D eigenvalue weighted by atomic mass is 10.1. The minimum absolute atomic E-state index is 0.0481. The highest BCUT2D eigenvalue weighted by Gasteiger charge is 2.32. The van der Waals surface area contributed by atoms with Crippen LogP contribution in [0.1, 0.15) is 15.9 Å². The van der Waals surface area contributed by atoms with Gasteiger partial charge in [0.2, 0.25) is 0 Å². The fraction of sp³-hybridized carbons (Fsp3) is 0.200. The molecule has 8 heteroatoms. The number of sulfone groups is 1. The molecule has 0 radical (unpaired) electrons. The predicted molar refractivity (Wildman–Crippen MR) is 104 cm³/mol. The Bertz CT molecular complexity index is 1030. The van der Waals surface area contributed by atoms with Crippen LogP contribution in [0.25, 0.3) is 0 Å². The number of ether oxygens (including phenoxy) is 1. The molecule has 7 nitrogen and oxygen atoms in total. The molecule has 0 unspecified atom stereocenters. The maximum atomic E-state index is 12.8. The number of benzene rings is 2. The minimum atomic E-state index is -3.38. The van der Waals surface area contributed by atoms with Crippen molar-refractivity contribution in [1.29, 1.82) is 0 Å². The van der Waals surface area contributed by atoms with E-state index in [9.17, 15) is 23.1 Å². The Balaban J connectivity index is 1.76. The molecule has 3 rings (SSSR count). The number of phenolic OH excluding ortho intramolecular Hbond substituents is 1. The Morgan fingerprint density at radius 2 is 1.89 bits per heavy atom. The lowest BCUT2D eigenvalue weighted by molar-refractivity contribution is -0.121. The van der Waals surface area contributed by atoms with Gasteiger partial charge in [-0.05, 0) is 42.8 Å². The number of para-hydroxylation sites is 1. The van der Waals surface area contributed by atoms with E-state index in [-0.39, 0.29) is 17.1 Å². The number of rotatable bonds is 5. The number of aromatic hydroxyl groups is 1. The topological polar surface area (TPSA) is 101 Å². The molecule has 1 heterocycles. The van der Waals surface area contributed by atoms with Crippen LogP contribution in [0.4, 0.5) is 5.69 Å². The van der Waals surface area contributed by atoms with Crippen LogP contribution in [-0.4, -0.2) is 43.8 Å². The van der Waals surface area contributed by atoms with Crippen molar-refractivity contribution in [3.8, 4) is 5.75 Å². The number of anilines is 1. The van der Waals surface area contributed by atoms with E-state index < -0.39 is 34.4 Å². The van der Waals surface area contributed by atoms with Crippen LogP contribution >= 0.6 is 0 Å². The Morgan fingerprint density at radius 3 is 2.50 bits per heavy atom. The van der Waals surface area contributed by atoms with Gasteiger partial charge >= 0.3 is 5.97 Å². The van der Waals surface area contributed by atoms with Crippen LogP contribution in [0.5, 0.6) is 5.75 Å². The molecule has 1 amide bonds. The van der Waals surface area contributed by atoms with Gasteiger partial charge in [-0.2, -0.15) is 0 Å². The van der Waals surface area contributed by atoms with Gasteiger partial charge in [-0.25, -0.2) is 13.2 Å². The van der Waals surface area contributed by atoms with Gasteiger partial charge in [0.15, 0.2) is 16.4 Å². The molecular weight excluding hydrogens is 382 g/mol. The van der Waals surface area contributed by atoms with Gasteiger partial charge in [-0.15, -0.1) is 0 Å². The van der Waals surface area contributed by atoms with E-state index in [1.54, 1.807) is 43.3 Å². The lowest BCUT2D eigenvalue weighted by Crippen LogP contribution is -2.43. The van der Waals surface area contributed by atoms with Gasteiger partial charge in [0, 0.05) is 11.1 Å². The van der Waals surface area contributed by atoms with Gasteiger partial charge in [0.25, 0.3) is 5.91 Å². The fourth-order valence-corrected chi connectivity index (χ4v) is 4.19. The summed E-state index contributed by atoms with van der Waals surface area (Å²) < 4.78 is 28.6. The molecule has 1 aliphatic heterocycles. The van der Waals surface area contributed by atoms with E-state index in [1.165, 1.54) is 23.1 Å². The Labute approximate surface area is 162 Å². The molecule has 0 fully saturated rings. The van der Waals surface area contributed by atoms with Crippen molar-refractivity contribution in [2.45, 2.75) is 13.0 Å². The molecule has 2 aromatic carbocycles. The summed E-state index contributed by atoms with van der Waals surface area (Å²) in [5.41, 5.74) is 1.22. The van der Waals surface area contributed by atoms with Crippen LogP contribution in [0.2, 0.25) is 0 Å². The molecule has 1 aliphatic rings. The van der Waals surface area contributed by atoms with Crippen LogP contribution in [-0.2, 0) is 19.4 Å². The van der Waals surface area contributed by atoms with Gasteiger partial charge < -0.3 is 14.7 Å². The molecule has 28 heavy (non-hydrogen) atoms. The molecule has 1 N–H and O–H groups in total. The number of hydrogen-bond acceptors (Lipinski definition) is 6. The second kappa shape index (κ2) is 7.85. The highest BCUT2D eigenvalue weighted by atomic mass is 32.2. The van der Waals surface area contributed by atoms with Gasteiger partial charge in [-0.3, -0.25) is 4.79 Å². The predicted octanol–water partition coefficient (Wildman–Crippen LogP) is 2.20. The van der Waals surface area contributed by atoms with Gasteiger partial charge in [0.05, 0.1) is 11.8 Å². The fourth-order valence-electron chi connectivity index (χ4n) is 2.92. The van der Waals surface area contributed by atoms with Crippen molar-refractivity contribution in [1.82, 2.24) is 0 Å². The van der Waals surface area contributed by atoms with Crippen molar-refractivity contribution in [3.05, 3.63) is 71.1 Å². The second-order valence-electron chi connectivity index (χ2n) is 6.42. The van der Waals surface area contributed by atoms with Gasteiger partial charge in [-0.1, -0.05) is 24.3 Å². The highest BCUT2D eigenvalue weighted by molar-refractivity contribution is 7.94. The number of aryl methyl sites for hydroxylation is 1. The van der Waals surface area contributed by atoms with Crippen LogP contribution in [0.3, 0.4) is 0 Å². The molecule has 2 aromatic rings. The van der Waals surface area contributed by atoms with E-state index in [1.807, 2.05) is 0 Å². The molecule has 0 spiro atoms. The first kappa shape index (κ1) is 19.6. The minimum Gasteiger partial charge on any atom is -0.507 e. The van der Waals surface area contributed by atoms with Crippen molar-refractivity contribution >= 4 is 27.4 Å². The summed E-state index contributed by atoms with van der Waals surface area (Å²) >= 11 is 0. The number of carbonyl (C=O) groups is 2. The quantitative estimate of drug-likeness (QED) is 0.771. The van der Waals surface area contributed by atoms with Crippen LogP contribution in [0.15, 0.2) is 60.0 Å². The Kier molecular flexibility index (Phi) is 5.51. The van der Waals surface area contributed by atoms with Crippen molar-refractivity contribution in [2.24, 2.45) is 0 Å². The lowest BCUT2D eigenvalue weighted by Gasteiger charge is -2.27. The molecule has 0 saturated carbocycles. The summed E-state index contributed by atoms with van der Waals surface area (Å²) in [6.45, 7) is 1.17. The number of hydrogen-bond donors (Lipinski definition) is 1. The smallest absolute Gasteiger partial charge is 0.342 e. The third-order valence-electron chi connectivity index (χ3n) is 4.25. The van der Waals surface area contributed by atoms with Crippen molar-refractivity contribution < 1.29 is 27.9 Å². The van der Waals surface area contributed by atoms with E-state index in [0.29, 0.717) is 5.69 Å². The summed E-state index contributed by atoms with van der Waals surface area (Å²) in [6.07, 6.45) is 1.44. The first-order valence-electron chi connectivity index (χ1n) is 8.51. The maximum absolute atomic E-state index is 12.8. The summed E-state index contributed by atoms with van der Waals surface area (Å²) in [4.78, 5) is 26.3. The highest BCUT2D eigenvalue weighted by Crippen LogP contribution is 2.23. The molecule has 0 aliphatic carbocycles.